The summed E-state index contributed by atoms with van der Waals surface area (Å²) in [6.45, 7) is 4.06. The smallest absolute Gasteiger partial charge is 0.265 e. The molecule has 3 aromatic rings. The van der Waals surface area contributed by atoms with Crippen LogP contribution in [0.3, 0.4) is 0 Å². The summed E-state index contributed by atoms with van der Waals surface area (Å²) in [5.41, 5.74) is 2.52. The van der Waals surface area contributed by atoms with Gasteiger partial charge in [-0.05, 0) is 65.8 Å². The van der Waals surface area contributed by atoms with E-state index in [0.29, 0.717) is 23.5 Å². The molecule has 4 rings (SSSR count). The van der Waals surface area contributed by atoms with E-state index in [2.05, 4.69) is 17.2 Å². The highest BCUT2D eigenvalue weighted by Gasteiger charge is 2.29. The van der Waals surface area contributed by atoms with Gasteiger partial charge in [-0.25, -0.2) is 8.42 Å². The number of thiophene rings is 1. The average Bonchev–Trinajstić information content (AvgIpc) is 3.25. The maximum absolute atomic E-state index is 13.2. The molecule has 1 unspecified atom stereocenters. The third-order valence-electron chi connectivity index (χ3n) is 5.85. The Morgan fingerprint density at radius 3 is 2.49 bits per heavy atom. The topological polar surface area (TPSA) is 95.6 Å². The van der Waals surface area contributed by atoms with E-state index in [1.807, 2.05) is 41.8 Å². The Balaban J connectivity index is 1.43. The number of sulfonamides is 1. The van der Waals surface area contributed by atoms with Crippen molar-refractivity contribution >= 4 is 38.9 Å². The SMILES string of the molecule is C=CC(=O)NC1CCCCN(S(=O)(=O)c2ccc(NC(=O)c3cc(-c4ccccc4)cs3)cc2)C1. The molecule has 0 radical (unpaired) electrons. The Labute approximate surface area is 209 Å². The summed E-state index contributed by atoms with van der Waals surface area (Å²) < 4.78 is 27.9. The minimum Gasteiger partial charge on any atom is -0.349 e. The van der Waals surface area contributed by atoms with Gasteiger partial charge in [-0.15, -0.1) is 11.3 Å². The monoisotopic (exact) mass is 509 g/mol. The van der Waals surface area contributed by atoms with Gasteiger partial charge in [0.05, 0.1) is 9.77 Å². The van der Waals surface area contributed by atoms with Gasteiger partial charge in [0.1, 0.15) is 0 Å². The Hall–Kier alpha value is -3.27. The molecular weight excluding hydrogens is 482 g/mol. The normalized spacial score (nSPS) is 16.7. The fraction of sp³-hybridized carbons (Fsp3) is 0.231. The molecule has 1 aromatic heterocycles. The van der Waals surface area contributed by atoms with Crippen molar-refractivity contribution in [2.24, 2.45) is 0 Å². The minimum absolute atomic E-state index is 0.147. The molecule has 35 heavy (non-hydrogen) atoms. The van der Waals surface area contributed by atoms with Crippen LogP contribution < -0.4 is 10.6 Å². The Kier molecular flexibility index (Phi) is 7.80. The van der Waals surface area contributed by atoms with E-state index in [9.17, 15) is 18.0 Å². The quantitative estimate of drug-likeness (QED) is 0.458. The number of nitrogens with zero attached hydrogens (tertiary/aromatic N) is 1. The van der Waals surface area contributed by atoms with Crippen molar-refractivity contribution in [1.29, 1.82) is 0 Å². The summed E-state index contributed by atoms with van der Waals surface area (Å²) in [7, 11) is -3.74. The first-order valence-corrected chi connectivity index (χ1v) is 13.7. The van der Waals surface area contributed by atoms with E-state index in [-0.39, 0.29) is 29.3 Å². The molecule has 1 atom stereocenters. The molecule has 182 valence electrons. The van der Waals surface area contributed by atoms with Crippen LogP contribution in [0.2, 0.25) is 0 Å². The van der Waals surface area contributed by atoms with Gasteiger partial charge < -0.3 is 10.6 Å². The number of anilines is 1. The second-order valence-corrected chi connectivity index (χ2v) is 11.2. The highest BCUT2D eigenvalue weighted by atomic mass is 32.2. The van der Waals surface area contributed by atoms with Gasteiger partial charge in [-0.2, -0.15) is 4.31 Å². The molecule has 1 aliphatic rings. The van der Waals surface area contributed by atoms with Crippen molar-refractivity contribution in [2.45, 2.75) is 30.2 Å². The lowest BCUT2D eigenvalue weighted by Gasteiger charge is -2.24. The molecule has 0 saturated carbocycles. The maximum atomic E-state index is 13.2. The van der Waals surface area contributed by atoms with E-state index in [4.69, 9.17) is 0 Å². The van der Waals surface area contributed by atoms with Gasteiger partial charge >= 0.3 is 0 Å². The van der Waals surface area contributed by atoms with Crippen LogP contribution in [-0.2, 0) is 14.8 Å². The third-order valence-corrected chi connectivity index (χ3v) is 8.65. The molecule has 0 aliphatic carbocycles. The van der Waals surface area contributed by atoms with Gasteiger partial charge in [0.25, 0.3) is 5.91 Å². The number of hydrogen-bond donors (Lipinski definition) is 2. The van der Waals surface area contributed by atoms with Crippen LogP contribution in [0.5, 0.6) is 0 Å². The van der Waals surface area contributed by atoms with Gasteiger partial charge in [0.15, 0.2) is 0 Å². The van der Waals surface area contributed by atoms with Crippen LogP contribution >= 0.6 is 11.3 Å². The summed E-state index contributed by atoms with van der Waals surface area (Å²) in [6.07, 6.45) is 3.45. The predicted molar refractivity (Wildman–Crippen MR) is 139 cm³/mol. The number of benzene rings is 2. The summed E-state index contributed by atoms with van der Waals surface area (Å²) in [5, 5.41) is 7.58. The molecule has 2 amide bonds. The number of amides is 2. The molecule has 9 heteroatoms. The van der Waals surface area contributed by atoms with Crippen LogP contribution in [-0.4, -0.2) is 43.7 Å². The van der Waals surface area contributed by atoms with Crippen LogP contribution in [0.4, 0.5) is 5.69 Å². The highest BCUT2D eigenvalue weighted by molar-refractivity contribution is 7.89. The molecule has 2 aromatic carbocycles. The zero-order valence-electron chi connectivity index (χ0n) is 19.1. The Morgan fingerprint density at radius 2 is 1.77 bits per heavy atom. The highest BCUT2D eigenvalue weighted by Crippen LogP contribution is 2.27. The lowest BCUT2D eigenvalue weighted by Crippen LogP contribution is -2.44. The fourth-order valence-electron chi connectivity index (χ4n) is 3.99. The van der Waals surface area contributed by atoms with Crippen molar-refractivity contribution in [3.63, 3.8) is 0 Å². The van der Waals surface area contributed by atoms with Crippen LogP contribution in [0, 0.1) is 0 Å². The minimum atomic E-state index is -3.74. The van der Waals surface area contributed by atoms with Crippen molar-refractivity contribution < 1.29 is 18.0 Å². The van der Waals surface area contributed by atoms with Crippen LogP contribution in [0.25, 0.3) is 11.1 Å². The summed E-state index contributed by atoms with van der Waals surface area (Å²) >= 11 is 1.36. The number of nitrogens with one attached hydrogen (secondary N) is 2. The standard InChI is InChI=1S/C26H27N3O4S2/c1-2-25(30)27-22-10-6-7-15-29(17-22)35(32,33)23-13-11-21(12-14-23)28-26(31)24-16-20(18-34-24)19-8-4-3-5-9-19/h2-5,8-9,11-14,16,18,22H,1,6-7,10,15,17H2,(H,27,30)(H,28,31). The second-order valence-electron chi connectivity index (χ2n) is 8.31. The van der Waals surface area contributed by atoms with Crippen molar-refractivity contribution in [3.8, 4) is 11.1 Å². The van der Waals surface area contributed by atoms with Crippen LogP contribution in [0.1, 0.15) is 28.9 Å². The number of carbonyl (C=O) groups excluding carboxylic acids is 2. The van der Waals surface area contributed by atoms with E-state index < -0.39 is 10.0 Å². The molecule has 7 nitrogen and oxygen atoms in total. The Bertz CT molecular complexity index is 1300. The lowest BCUT2D eigenvalue weighted by atomic mass is 10.1. The van der Waals surface area contributed by atoms with Gasteiger partial charge in [-0.1, -0.05) is 43.3 Å². The number of carbonyl (C=O) groups is 2. The fourth-order valence-corrected chi connectivity index (χ4v) is 6.33. The molecule has 1 fully saturated rings. The van der Waals surface area contributed by atoms with E-state index in [1.165, 1.54) is 33.9 Å². The number of hydrogen-bond acceptors (Lipinski definition) is 5. The molecular formula is C26H27N3O4S2. The Morgan fingerprint density at radius 1 is 1.03 bits per heavy atom. The zero-order chi connectivity index (χ0) is 24.8. The summed E-state index contributed by atoms with van der Waals surface area (Å²) in [6, 6.07) is 17.6. The first kappa shape index (κ1) is 24.8. The molecule has 0 bridgehead atoms. The van der Waals surface area contributed by atoms with Crippen LogP contribution in [0.15, 0.2) is 83.6 Å². The largest absolute Gasteiger partial charge is 0.349 e. The van der Waals surface area contributed by atoms with Crippen molar-refractivity contribution in [1.82, 2.24) is 9.62 Å². The molecule has 1 saturated heterocycles. The lowest BCUT2D eigenvalue weighted by molar-refractivity contribution is -0.117. The summed E-state index contributed by atoms with van der Waals surface area (Å²) in [5.74, 6) is -0.558. The predicted octanol–water partition coefficient (Wildman–Crippen LogP) is 4.51. The summed E-state index contributed by atoms with van der Waals surface area (Å²) in [4.78, 5) is 25.1. The number of rotatable bonds is 7. The maximum Gasteiger partial charge on any atom is 0.265 e. The van der Waals surface area contributed by atoms with Gasteiger partial charge in [0, 0.05) is 24.8 Å². The zero-order valence-corrected chi connectivity index (χ0v) is 20.8. The van der Waals surface area contributed by atoms with Gasteiger partial charge in [-0.3, -0.25) is 9.59 Å². The van der Waals surface area contributed by atoms with E-state index in [1.54, 1.807) is 12.1 Å². The first-order valence-electron chi connectivity index (χ1n) is 11.4. The molecule has 0 spiro atoms. The molecule has 1 aliphatic heterocycles. The molecule has 2 N–H and O–H groups in total. The van der Waals surface area contributed by atoms with E-state index in [0.717, 1.165) is 24.0 Å². The van der Waals surface area contributed by atoms with E-state index >= 15 is 0 Å². The van der Waals surface area contributed by atoms with Gasteiger partial charge in [0.2, 0.25) is 15.9 Å². The first-order chi connectivity index (χ1) is 16.9. The molecule has 2 heterocycles. The third kappa shape index (κ3) is 6.05. The second kappa shape index (κ2) is 11.0. The van der Waals surface area contributed by atoms with Crippen molar-refractivity contribution in [2.75, 3.05) is 18.4 Å². The average molecular weight is 510 g/mol. The van der Waals surface area contributed by atoms with Crippen molar-refractivity contribution in [3.05, 3.63) is 83.6 Å².